The molecule has 1 amide bonds. The summed E-state index contributed by atoms with van der Waals surface area (Å²) in [4.78, 5) is 17.8. The second-order valence-corrected chi connectivity index (χ2v) is 9.81. The third-order valence-corrected chi connectivity index (χ3v) is 7.60. The molecule has 0 bridgehead atoms. The second kappa shape index (κ2) is 9.86. The van der Waals surface area contributed by atoms with Gasteiger partial charge < -0.3 is 14.4 Å². The number of anilines is 1. The van der Waals surface area contributed by atoms with Gasteiger partial charge in [-0.1, -0.05) is 39.3 Å². The van der Waals surface area contributed by atoms with Gasteiger partial charge in [-0.2, -0.15) is 8.42 Å². The zero-order chi connectivity index (χ0) is 23.4. The van der Waals surface area contributed by atoms with Crippen LogP contribution in [-0.4, -0.2) is 57.6 Å². The maximum atomic E-state index is 14.9. The number of methoxy groups -OCH3 is 1. The Bertz CT molecular complexity index is 1220. The number of carbonyl (C=O) groups excluding carboxylic acids is 1. The highest BCUT2D eigenvalue weighted by molar-refractivity contribution is 7.92. The summed E-state index contributed by atoms with van der Waals surface area (Å²) in [6.45, 7) is 1.93. The smallest absolute Gasteiger partial charge is 0.292 e. The van der Waals surface area contributed by atoms with Crippen LogP contribution in [-0.2, 0) is 26.0 Å². The van der Waals surface area contributed by atoms with Gasteiger partial charge in [-0.05, 0) is 23.8 Å². The van der Waals surface area contributed by atoms with Crippen molar-refractivity contribution >= 4 is 32.4 Å². The van der Waals surface area contributed by atoms with E-state index in [1.165, 1.54) is 17.5 Å². The summed E-state index contributed by atoms with van der Waals surface area (Å²) in [5, 5.41) is 1.13. The normalized spacial score (nSPS) is 14.2. The van der Waals surface area contributed by atoms with Crippen molar-refractivity contribution in [3.05, 3.63) is 59.6 Å². The molecule has 1 fully saturated rings. The van der Waals surface area contributed by atoms with Crippen LogP contribution < -0.4 is 9.26 Å². The Kier molecular flexibility index (Phi) is 6.91. The molecule has 0 radical (unpaired) electrons. The van der Waals surface area contributed by atoms with Gasteiger partial charge in [0, 0.05) is 24.0 Å². The van der Waals surface area contributed by atoms with E-state index in [4.69, 9.17) is 9.47 Å². The summed E-state index contributed by atoms with van der Waals surface area (Å²) in [6, 6.07) is 13.2. The molecule has 3 aromatic rings. The minimum atomic E-state index is -4.47. The predicted octanol–water partition coefficient (Wildman–Crippen LogP) is 3.30. The summed E-state index contributed by atoms with van der Waals surface area (Å²) >= 11 is 0.821. The highest BCUT2D eigenvalue weighted by atomic mass is 32.2. The molecule has 1 saturated heterocycles. The Balaban J connectivity index is 1.49. The molecule has 0 N–H and O–H groups in total. The number of morpholine rings is 1. The highest BCUT2D eigenvalue weighted by Crippen LogP contribution is 2.32. The van der Waals surface area contributed by atoms with E-state index in [-0.39, 0.29) is 26.9 Å². The van der Waals surface area contributed by atoms with Crippen molar-refractivity contribution in [2.45, 2.75) is 11.3 Å². The van der Waals surface area contributed by atoms with Crippen molar-refractivity contribution in [3.63, 3.8) is 0 Å². The standard InChI is InChI=1S/C22H22FN3O5S2/c1-30-20-5-3-2-4-19(20)16-6-8-18(9-7-16)33(28,29)26(23)22-24-17(15-32-22)14-21(27)25-10-12-31-13-11-25/h2-9,15H,10-14H2,1H3. The van der Waals surface area contributed by atoms with E-state index in [0.29, 0.717) is 37.7 Å². The van der Waals surface area contributed by atoms with Crippen molar-refractivity contribution in [2.75, 3.05) is 37.9 Å². The summed E-state index contributed by atoms with van der Waals surface area (Å²) < 4.78 is 50.7. The summed E-state index contributed by atoms with van der Waals surface area (Å²) in [6.07, 6.45) is -0.0298. The number of aromatic nitrogens is 1. The lowest BCUT2D eigenvalue weighted by Crippen LogP contribution is -2.41. The Hall–Kier alpha value is -3.02. The van der Waals surface area contributed by atoms with Crippen LogP contribution in [0.5, 0.6) is 5.75 Å². The molecule has 0 saturated carbocycles. The van der Waals surface area contributed by atoms with Crippen LogP contribution in [0.2, 0.25) is 0 Å². The number of thiazole rings is 1. The molecule has 8 nitrogen and oxygen atoms in total. The van der Waals surface area contributed by atoms with Gasteiger partial charge in [0.25, 0.3) is 10.0 Å². The molecular weight excluding hydrogens is 469 g/mol. The minimum absolute atomic E-state index is 0.0298. The predicted molar refractivity (Wildman–Crippen MR) is 122 cm³/mol. The maximum absolute atomic E-state index is 14.9. The van der Waals surface area contributed by atoms with Crippen LogP contribution in [0.4, 0.5) is 9.61 Å². The fourth-order valence-corrected chi connectivity index (χ4v) is 5.39. The molecule has 0 unspecified atom stereocenters. The lowest BCUT2D eigenvalue weighted by molar-refractivity contribution is -0.134. The summed E-state index contributed by atoms with van der Waals surface area (Å²) in [5.41, 5.74) is 1.83. The van der Waals surface area contributed by atoms with E-state index < -0.39 is 10.0 Å². The Morgan fingerprint density at radius 2 is 1.88 bits per heavy atom. The number of amides is 1. The molecule has 174 valence electrons. The van der Waals surface area contributed by atoms with Gasteiger partial charge in [-0.15, -0.1) is 11.3 Å². The molecule has 0 atom stereocenters. The van der Waals surface area contributed by atoms with Crippen molar-refractivity contribution in [2.24, 2.45) is 0 Å². The lowest BCUT2D eigenvalue weighted by Gasteiger charge is -2.26. The topological polar surface area (TPSA) is 89.0 Å². The van der Waals surface area contributed by atoms with E-state index in [0.717, 1.165) is 22.5 Å². The summed E-state index contributed by atoms with van der Waals surface area (Å²) in [5.74, 6) is 0.484. The van der Waals surface area contributed by atoms with E-state index in [1.807, 2.05) is 18.2 Å². The number of hydrogen-bond donors (Lipinski definition) is 0. The molecule has 11 heteroatoms. The second-order valence-electron chi connectivity index (χ2n) is 7.24. The fraction of sp³-hybridized carbons (Fsp3) is 0.273. The highest BCUT2D eigenvalue weighted by Gasteiger charge is 2.28. The van der Waals surface area contributed by atoms with Gasteiger partial charge in [0.2, 0.25) is 11.0 Å². The van der Waals surface area contributed by atoms with Crippen molar-refractivity contribution in [1.29, 1.82) is 0 Å². The number of sulfonamides is 1. The third-order valence-electron chi connectivity index (χ3n) is 5.17. The van der Waals surface area contributed by atoms with Gasteiger partial charge in [-0.25, -0.2) is 4.98 Å². The van der Waals surface area contributed by atoms with Crippen molar-refractivity contribution in [1.82, 2.24) is 9.88 Å². The lowest BCUT2D eigenvalue weighted by atomic mass is 10.1. The average Bonchev–Trinajstić information content (AvgIpc) is 3.32. The Morgan fingerprint density at radius 1 is 1.18 bits per heavy atom. The van der Waals surface area contributed by atoms with Gasteiger partial charge in [0.15, 0.2) is 0 Å². The molecule has 0 spiro atoms. The van der Waals surface area contributed by atoms with E-state index in [2.05, 4.69) is 4.98 Å². The van der Waals surface area contributed by atoms with Crippen LogP contribution in [0.25, 0.3) is 11.1 Å². The van der Waals surface area contributed by atoms with Gasteiger partial charge in [0.1, 0.15) is 5.75 Å². The van der Waals surface area contributed by atoms with Crippen LogP contribution in [0.3, 0.4) is 0 Å². The summed E-state index contributed by atoms with van der Waals surface area (Å²) in [7, 11) is -2.92. The number of rotatable bonds is 7. The van der Waals surface area contributed by atoms with Crippen LogP contribution in [0.1, 0.15) is 5.69 Å². The Morgan fingerprint density at radius 3 is 2.58 bits per heavy atom. The van der Waals surface area contributed by atoms with Gasteiger partial charge >= 0.3 is 0 Å². The molecule has 4 rings (SSSR count). The molecular formula is C22H22FN3O5S2. The average molecular weight is 492 g/mol. The molecule has 1 aliphatic heterocycles. The molecule has 2 heterocycles. The first-order valence-electron chi connectivity index (χ1n) is 10.1. The van der Waals surface area contributed by atoms with Crippen molar-refractivity contribution in [3.8, 4) is 16.9 Å². The monoisotopic (exact) mass is 491 g/mol. The van der Waals surface area contributed by atoms with E-state index in [1.54, 1.807) is 30.2 Å². The van der Waals surface area contributed by atoms with Gasteiger partial charge in [0.05, 0.1) is 37.3 Å². The molecule has 1 aromatic heterocycles. The number of halogens is 1. The first-order valence-corrected chi connectivity index (χ1v) is 12.5. The minimum Gasteiger partial charge on any atom is -0.496 e. The van der Waals surface area contributed by atoms with E-state index in [9.17, 15) is 17.7 Å². The number of para-hydroxylation sites is 1. The molecule has 2 aromatic carbocycles. The molecule has 0 aliphatic carbocycles. The third kappa shape index (κ3) is 5.00. The van der Waals surface area contributed by atoms with Gasteiger partial charge in [-0.3, -0.25) is 4.79 Å². The van der Waals surface area contributed by atoms with Crippen molar-refractivity contribution < 1.29 is 27.2 Å². The zero-order valence-corrected chi connectivity index (χ0v) is 19.4. The quantitative estimate of drug-likeness (QED) is 0.471. The van der Waals surface area contributed by atoms with E-state index >= 15 is 0 Å². The first kappa shape index (κ1) is 23.1. The number of ether oxygens (including phenoxy) is 2. The molecule has 33 heavy (non-hydrogen) atoms. The largest absolute Gasteiger partial charge is 0.496 e. The van der Waals surface area contributed by atoms with Crippen LogP contribution in [0.15, 0.2) is 58.8 Å². The number of nitrogens with zero attached hydrogens (tertiary/aromatic N) is 3. The Labute approximate surface area is 195 Å². The number of carbonyl (C=O) groups is 1. The number of hydrogen-bond acceptors (Lipinski definition) is 7. The fourth-order valence-electron chi connectivity index (χ4n) is 3.42. The SMILES string of the molecule is COc1ccccc1-c1ccc(S(=O)(=O)N(F)c2nc(CC(=O)N3CCOCC3)cs2)cc1. The number of benzene rings is 2. The first-order chi connectivity index (χ1) is 15.9. The maximum Gasteiger partial charge on any atom is 0.292 e. The zero-order valence-electron chi connectivity index (χ0n) is 17.8. The molecule has 1 aliphatic rings. The van der Waals surface area contributed by atoms with Crippen LogP contribution >= 0.6 is 11.3 Å². The van der Waals surface area contributed by atoms with Crippen LogP contribution in [0, 0.1) is 0 Å².